The Morgan fingerprint density at radius 1 is 1.37 bits per heavy atom. The Labute approximate surface area is 113 Å². The van der Waals surface area contributed by atoms with E-state index in [2.05, 4.69) is 16.5 Å². The molecule has 19 heavy (non-hydrogen) atoms. The summed E-state index contributed by atoms with van der Waals surface area (Å²) in [6, 6.07) is 9.96. The Bertz CT molecular complexity index is 530. The third kappa shape index (κ3) is 3.22. The first-order valence-corrected chi connectivity index (χ1v) is 6.61. The molecule has 1 aromatic carbocycles. The van der Waals surface area contributed by atoms with Crippen LogP contribution in [-0.2, 0) is 13.0 Å². The standard InChI is InChI=1S/C15H20N4/c1-2-6-14-18-9-10-19(14)11-13(15(16)17)12-7-4-3-5-8-12/h3-5,7-10,13H,2,6,11H2,1H3,(H3,16,17). The van der Waals surface area contributed by atoms with E-state index in [1.807, 2.05) is 42.7 Å². The predicted molar refractivity (Wildman–Crippen MR) is 77.3 cm³/mol. The number of amidine groups is 1. The first-order chi connectivity index (χ1) is 9.22. The van der Waals surface area contributed by atoms with Gasteiger partial charge in [0.1, 0.15) is 5.82 Å². The van der Waals surface area contributed by atoms with Gasteiger partial charge >= 0.3 is 0 Å². The average Bonchev–Trinajstić information content (AvgIpc) is 2.84. The molecule has 1 unspecified atom stereocenters. The van der Waals surface area contributed by atoms with Crippen molar-refractivity contribution in [3.63, 3.8) is 0 Å². The lowest BCUT2D eigenvalue weighted by Crippen LogP contribution is -2.25. The first kappa shape index (κ1) is 13.3. The maximum atomic E-state index is 7.81. The number of benzene rings is 1. The highest BCUT2D eigenvalue weighted by molar-refractivity contribution is 5.84. The zero-order valence-electron chi connectivity index (χ0n) is 11.2. The van der Waals surface area contributed by atoms with Crippen molar-refractivity contribution in [1.29, 1.82) is 5.41 Å². The van der Waals surface area contributed by atoms with E-state index >= 15 is 0 Å². The molecule has 4 nitrogen and oxygen atoms in total. The van der Waals surface area contributed by atoms with Crippen LogP contribution in [0.2, 0.25) is 0 Å². The summed E-state index contributed by atoms with van der Waals surface area (Å²) in [5.74, 6) is 1.16. The molecular formula is C15H20N4. The highest BCUT2D eigenvalue weighted by atomic mass is 15.1. The van der Waals surface area contributed by atoms with Crippen molar-refractivity contribution in [3.8, 4) is 0 Å². The van der Waals surface area contributed by atoms with Crippen molar-refractivity contribution in [1.82, 2.24) is 9.55 Å². The Balaban J connectivity index is 2.22. The lowest BCUT2D eigenvalue weighted by molar-refractivity contribution is 0.613. The number of aromatic nitrogens is 2. The largest absolute Gasteiger partial charge is 0.387 e. The van der Waals surface area contributed by atoms with E-state index in [0.717, 1.165) is 24.2 Å². The zero-order chi connectivity index (χ0) is 13.7. The topological polar surface area (TPSA) is 67.7 Å². The molecule has 0 radical (unpaired) electrons. The van der Waals surface area contributed by atoms with Gasteiger partial charge in [0.15, 0.2) is 0 Å². The monoisotopic (exact) mass is 256 g/mol. The Kier molecular flexibility index (Phi) is 4.34. The Hall–Kier alpha value is -2.10. The second kappa shape index (κ2) is 6.18. The van der Waals surface area contributed by atoms with Crippen LogP contribution in [0.1, 0.15) is 30.7 Å². The number of hydrogen-bond donors (Lipinski definition) is 2. The highest BCUT2D eigenvalue weighted by Gasteiger charge is 2.16. The lowest BCUT2D eigenvalue weighted by Gasteiger charge is -2.18. The van der Waals surface area contributed by atoms with Crippen LogP contribution in [0.3, 0.4) is 0 Å². The summed E-state index contributed by atoms with van der Waals surface area (Å²) in [6.07, 6.45) is 5.79. The van der Waals surface area contributed by atoms with Gasteiger partial charge in [-0.15, -0.1) is 0 Å². The normalized spacial score (nSPS) is 12.3. The number of hydrogen-bond acceptors (Lipinski definition) is 2. The molecule has 0 fully saturated rings. The molecule has 0 aliphatic rings. The zero-order valence-corrected chi connectivity index (χ0v) is 11.2. The third-order valence-electron chi connectivity index (χ3n) is 3.23. The fourth-order valence-electron chi connectivity index (χ4n) is 2.22. The molecule has 0 saturated heterocycles. The molecule has 3 N–H and O–H groups in total. The fourth-order valence-corrected chi connectivity index (χ4v) is 2.22. The van der Waals surface area contributed by atoms with Gasteiger partial charge in [0.2, 0.25) is 0 Å². The van der Waals surface area contributed by atoms with Gasteiger partial charge in [0.05, 0.1) is 11.8 Å². The van der Waals surface area contributed by atoms with Gasteiger partial charge in [0, 0.05) is 25.4 Å². The van der Waals surface area contributed by atoms with Crippen molar-refractivity contribution in [2.45, 2.75) is 32.2 Å². The van der Waals surface area contributed by atoms with Crippen molar-refractivity contribution < 1.29 is 0 Å². The molecule has 4 heteroatoms. The maximum absolute atomic E-state index is 7.81. The molecular weight excluding hydrogens is 236 g/mol. The molecule has 0 bridgehead atoms. The number of imidazole rings is 1. The van der Waals surface area contributed by atoms with E-state index in [-0.39, 0.29) is 11.8 Å². The minimum atomic E-state index is -0.0917. The average molecular weight is 256 g/mol. The molecule has 1 atom stereocenters. The smallest absolute Gasteiger partial charge is 0.108 e. The van der Waals surface area contributed by atoms with Gasteiger partial charge in [-0.25, -0.2) is 4.98 Å². The second-order valence-corrected chi connectivity index (χ2v) is 4.66. The number of nitrogens with zero attached hydrogens (tertiary/aromatic N) is 2. The van der Waals surface area contributed by atoms with Gasteiger partial charge in [-0.05, 0) is 12.0 Å². The van der Waals surface area contributed by atoms with Crippen LogP contribution in [0.5, 0.6) is 0 Å². The number of rotatable bonds is 6. The SMILES string of the molecule is CCCc1nccn1CC(C(=N)N)c1ccccc1. The van der Waals surface area contributed by atoms with Crippen molar-refractivity contribution in [2.75, 3.05) is 0 Å². The van der Waals surface area contributed by atoms with E-state index in [1.54, 1.807) is 0 Å². The summed E-state index contributed by atoms with van der Waals surface area (Å²) < 4.78 is 2.10. The van der Waals surface area contributed by atoms with Crippen LogP contribution in [-0.4, -0.2) is 15.4 Å². The van der Waals surface area contributed by atoms with Crippen LogP contribution in [0, 0.1) is 5.41 Å². The van der Waals surface area contributed by atoms with Crippen LogP contribution in [0.4, 0.5) is 0 Å². The molecule has 2 rings (SSSR count). The highest BCUT2D eigenvalue weighted by Crippen LogP contribution is 2.18. The van der Waals surface area contributed by atoms with Crippen LogP contribution >= 0.6 is 0 Å². The molecule has 2 aromatic rings. The van der Waals surface area contributed by atoms with E-state index in [0.29, 0.717) is 6.54 Å². The van der Waals surface area contributed by atoms with Crippen LogP contribution in [0.25, 0.3) is 0 Å². The lowest BCUT2D eigenvalue weighted by atomic mass is 9.98. The second-order valence-electron chi connectivity index (χ2n) is 4.66. The molecule has 0 aliphatic heterocycles. The predicted octanol–water partition coefficient (Wildman–Crippen LogP) is 2.56. The molecule has 0 amide bonds. The third-order valence-corrected chi connectivity index (χ3v) is 3.23. The molecule has 1 aromatic heterocycles. The summed E-state index contributed by atoms with van der Waals surface area (Å²) >= 11 is 0. The fraction of sp³-hybridized carbons (Fsp3) is 0.333. The van der Waals surface area contributed by atoms with Gasteiger partial charge < -0.3 is 10.3 Å². The Morgan fingerprint density at radius 3 is 2.74 bits per heavy atom. The quantitative estimate of drug-likeness (QED) is 0.616. The first-order valence-electron chi connectivity index (χ1n) is 6.61. The van der Waals surface area contributed by atoms with Crippen LogP contribution < -0.4 is 5.73 Å². The molecule has 1 heterocycles. The van der Waals surface area contributed by atoms with Gasteiger partial charge in [-0.3, -0.25) is 5.41 Å². The summed E-state index contributed by atoms with van der Waals surface area (Å²) in [7, 11) is 0. The summed E-state index contributed by atoms with van der Waals surface area (Å²) in [6.45, 7) is 2.81. The molecule has 100 valence electrons. The molecule has 0 aliphatic carbocycles. The van der Waals surface area contributed by atoms with E-state index in [4.69, 9.17) is 11.1 Å². The summed E-state index contributed by atoms with van der Waals surface area (Å²) in [5.41, 5.74) is 6.83. The van der Waals surface area contributed by atoms with Gasteiger partial charge in [-0.2, -0.15) is 0 Å². The number of nitrogens with one attached hydrogen (secondary N) is 1. The van der Waals surface area contributed by atoms with Crippen molar-refractivity contribution in [3.05, 3.63) is 54.1 Å². The minimum Gasteiger partial charge on any atom is -0.387 e. The number of aryl methyl sites for hydroxylation is 1. The van der Waals surface area contributed by atoms with E-state index in [1.165, 1.54) is 0 Å². The molecule has 0 spiro atoms. The maximum Gasteiger partial charge on any atom is 0.108 e. The minimum absolute atomic E-state index is 0.0917. The van der Waals surface area contributed by atoms with Crippen molar-refractivity contribution >= 4 is 5.84 Å². The van der Waals surface area contributed by atoms with E-state index in [9.17, 15) is 0 Å². The van der Waals surface area contributed by atoms with Crippen LogP contribution in [0.15, 0.2) is 42.7 Å². The summed E-state index contributed by atoms with van der Waals surface area (Å²) in [5, 5.41) is 7.81. The Morgan fingerprint density at radius 2 is 2.11 bits per heavy atom. The summed E-state index contributed by atoms with van der Waals surface area (Å²) in [4.78, 5) is 4.36. The number of nitrogens with two attached hydrogens (primary N) is 1. The van der Waals surface area contributed by atoms with E-state index < -0.39 is 0 Å². The van der Waals surface area contributed by atoms with Crippen molar-refractivity contribution in [2.24, 2.45) is 5.73 Å². The molecule has 0 saturated carbocycles. The van der Waals surface area contributed by atoms with Gasteiger partial charge in [0.25, 0.3) is 0 Å². The van der Waals surface area contributed by atoms with Gasteiger partial charge in [-0.1, -0.05) is 37.3 Å².